The largest absolute Gasteiger partial charge is 0.416 e. The third-order valence-electron chi connectivity index (χ3n) is 2.75. The van der Waals surface area contributed by atoms with Gasteiger partial charge in [0.15, 0.2) is 0 Å². The molecular formula is C11H12F5N. The van der Waals surface area contributed by atoms with Crippen molar-refractivity contribution < 1.29 is 22.0 Å². The van der Waals surface area contributed by atoms with E-state index in [0.29, 0.717) is 0 Å². The summed E-state index contributed by atoms with van der Waals surface area (Å²) in [4.78, 5) is 0. The average Bonchev–Trinajstić information content (AvgIpc) is 2.26. The molecule has 0 aliphatic rings. The van der Waals surface area contributed by atoms with Crippen LogP contribution in [0, 0.1) is 0 Å². The van der Waals surface area contributed by atoms with Crippen molar-refractivity contribution in [3.05, 3.63) is 35.4 Å². The Morgan fingerprint density at radius 2 is 1.65 bits per heavy atom. The summed E-state index contributed by atoms with van der Waals surface area (Å²) in [6, 6.07) is 3.96. The lowest BCUT2D eigenvalue weighted by atomic mass is 9.91. The Kier molecular flexibility index (Phi) is 3.76. The third-order valence-corrected chi connectivity index (χ3v) is 2.75. The Bertz CT molecular complexity index is 388. The highest BCUT2D eigenvalue weighted by Crippen LogP contribution is 2.34. The summed E-state index contributed by atoms with van der Waals surface area (Å²) < 4.78 is 63.1. The summed E-state index contributed by atoms with van der Waals surface area (Å²) in [5.41, 5.74) is -2.82. The summed E-state index contributed by atoms with van der Waals surface area (Å²) in [5.74, 6) is 0. The monoisotopic (exact) mass is 253 g/mol. The van der Waals surface area contributed by atoms with Crippen molar-refractivity contribution in [3.8, 4) is 0 Å². The van der Waals surface area contributed by atoms with E-state index in [0.717, 1.165) is 25.1 Å². The van der Waals surface area contributed by atoms with Gasteiger partial charge in [0.1, 0.15) is 5.54 Å². The van der Waals surface area contributed by atoms with Crippen molar-refractivity contribution in [1.29, 1.82) is 0 Å². The molecule has 0 spiro atoms. The first-order valence-electron chi connectivity index (χ1n) is 4.86. The van der Waals surface area contributed by atoms with Gasteiger partial charge in [-0.3, -0.25) is 0 Å². The molecule has 0 heterocycles. The molecule has 0 saturated heterocycles. The van der Waals surface area contributed by atoms with Crippen LogP contribution in [-0.2, 0) is 11.7 Å². The van der Waals surface area contributed by atoms with Crippen LogP contribution in [0.15, 0.2) is 24.3 Å². The van der Waals surface area contributed by atoms with Gasteiger partial charge in [0.05, 0.1) is 5.56 Å². The number of hydrogen-bond acceptors (Lipinski definition) is 1. The van der Waals surface area contributed by atoms with Crippen LogP contribution < -0.4 is 5.32 Å². The maximum absolute atomic E-state index is 12.9. The normalized spacial score (nSPS) is 16.0. The molecule has 1 aromatic carbocycles. The van der Waals surface area contributed by atoms with Crippen molar-refractivity contribution >= 4 is 0 Å². The van der Waals surface area contributed by atoms with E-state index in [-0.39, 0.29) is 5.56 Å². The topological polar surface area (TPSA) is 12.0 Å². The second-order valence-electron chi connectivity index (χ2n) is 3.83. The first-order valence-corrected chi connectivity index (χ1v) is 4.86. The van der Waals surface area contributed by atoms with Gasteiger partial charge in [-0.25, -0.2) is 8.78 Å². The highest BCUT2D eigenvalue weighted by Gasteiger charge is 2.37. The van der Waals surface area contributed by atoms with Crippen LogP contribution in [0.5, 0.6) is 0 Å². The lowest BCUT2D eigenvalue weighted by Gasteiger charge is -2.29. The van der Waals surface area contributed by atoms with Gasteiger partial charge in [-0.1, -0.05) is 12.1 Å². The van der Waals surface area contributed by atoms with E-state index in [1.165, 1.54) is 13.1 Å². The van der Waals surface area contributed by atoms with Gasteiger partial charge in [-0.15, -0.1) is 0 Å². The van der Waals surface area contributed by atoms with Crippen molar-refractivity contribution in [2.24, 2.45) is 0 Å². The molecule has 17 heavy (non-hydrogen) atoms. The number of halogens is 5. The second-order valence-corrected chi connectivity index (χ2v) is 3.83. The van der Waals surface area contributed by atoms with E-state index < -0.39 is 23.7 Å². The minimum atomic E-state index is -4.53. The van der Waals surface area contributed by atoms with Crippen molar-refractivity contribution in [2.45, 2.75) is 25.1 Å². The first kappa shape index (κ1) is 13.9. The molecule has 1 nitrogen and oxygen atoms in total. The van der Waals surface area contributed by atoms with Crippen LogP contribution >= 0.6 is 0 Å². The first-order chi connectivity index (χ1) is 7.71. The predicted octanol–water partition coefficient (Wildman–Crippen LogP) is 3.41. The molecule has 1 atom stereocenters. The molecular weight excluding hydrogens is 241 g/mol. The zero-order chi connectivity index (χ0) is 13.3. The molecule has 1 aromatic rings. The van der Waals surface area contributed by atoms with Gasteiger partial charge in [-0.05, 0) is 31.7 Å². The quantitative estimate of drug-likeness (QED) is 0.814. The number of hydrogen-bond donors (Lipinski definition) is 1. The number of rotatable bonds is 3. The molecule has 0 aromatic heterocycles. The van der Waals surface area contributed by atoms with Crippen LogP contribution in [0.3, 0.4) is 0 Å². The van der Waals surface area contributed by atoms with Crippen LogP contribution in [-0.4, -0.2) is 13.5 Å². The highest BCUT2D eigenvalue weighted by atomic mass is 19.4. The second kappa shape index (κ2) is 4.60. The molecule has 1 unspecified atom stereocenters. The predicted molar refractivity (Wildman–Crippen MR) is 53.9 cm³/mol. The van der Waals surface area contributed by atoms with E-state index in [2.05, 4.69) is 5.32 Å². The maximum Gasteiger partial charge on any atom is 0.416 e. The fourth-order valence-electron chi connectivity index (χ4n) is 1.40. The minimum absolute atomic E-state index is 0.0928. The Morgan fingerprint density at radius 3 is 2.06 bits per heavy atom. The molecule has 0 amide bonds. The van der Waals surface area contributed by atoms with Crippen molar-refractivity contribution in [3.63, 3.8) is 0 Å². The van der Waals surface area contributed by atoms with Gasteiger partial charge < -0.3 is 5.32 Å². The van der Waals surface area contributed by atoms with Crippen molar-refractivity contribution in [1.82, 2.24) is 5.32 Å². The minimum Gasteiger partial charge on any atom is -0.306 e. The van der Waals surface area contributed by atoms with E-state index in [9.17, 15) is 22.0 Å². The summed E-state index contributed by atoms with van der Waals surface area (Å²) in [7, 11) is 1.28. The number of alkyl halides is 5. The van der Waals surface area contributed by atoms with Crippen LogP contribution in [0.1, 0.15) is 18.1 Å². The summed E-state index contributed by atoms with van der Waals surface area (Å²) >= 11 is 0. The van der Waals surface area contributed by atoms with Crippen LogP contribution in [0.25, 0.3) is 0 Å². The van der Waals surface area contributed by atoms with E-state index in [4.69, 9.17) is 0 Å². The van der Waals surface area contributed by atoms with Crippen LogP contribution in [0.4, 0.5) is 22.0 Å². The number of benzene rings is 1. The van der Waals surface area contributed by atoms with Gasteiger partial charge >= 0.3 is 6.18 Å². The molecule has 0 radical (unpaired) electrons. The third kappa shape index (κ3) is 2.74. The molecule has 1 N–H and O–H groups in total. The Labute approximate surface area is 95.6 Å². The molecule has 0 fully saturated rings. The van der Waals surface area contributed by atoms with E-state index >= 15 is 0 Å². The smallest absolute Gasteiger partial charge is 0.306 e. The number of nitrogens with one attached hydrogen (secondary N) is 1. The molecule has 96 valence electrons. The zero-order valence-electron chi connectivity index (χ0n) is 9.28. The SMILES string of the molecule is CNC(C)(c1cccc(C(F)(F)F)c1)C(F)F. The van der Waals surface area contributed by atoms with Crippen LogP contribution in [0.2, 0.25) is 0 Å². The Balaban J connectivity index is 3.24. The summed E-state index contributed by atoms with van der Waals surface area (Å²) in [5, 5.41) is 2.36. The lowest BCUT2D eigenvalue weighted by molar-refractivity contribution is -0.137. The summed E-state index contributed by atoms with van der Waals surface area (Å²) in [6.07, 6.45) is -7.34. The average molecular weight is 253 g/mol. The lowest BCUT2D eigenvalue weighted by Crippen LogP contribution is -2.43. The standard InChI is InChI=1S/C11H12F5N/c1-10(17-2,9(12)13)7-4-3-5-8(6-7)11(14,15)16/h3-6,9,17H,1-2H3. The molecule has 1 rings (SSSR count). The molecule has 6 heteroatoms. The van der Waals surface area contributed by atoms with Crippen molar-refractivity contribution in [2.75, 3.05) is 7.05 Å². The molecule has 0 aliphatic heterocycles. The summed E-state index contributed by atoms with van der Waals surface area (Å²) in [6.45, 7) is 1.16. The highest BCUT2D eigenvalue weighted by molar-refractivity contribution is 5.31. The van der Waals surface area contributed by atoms with Gasteiger partial charge in [0, 0.05) is 0 Å². The zero-order valence-corrected chi connectivity index (χ0v) is 9.28. The Morgan fingerprint density at radius 1 is 1.12 bits per heavy atom. The molecule has 0 aliphatic carbocycles. The maximum atomic E-state index is 12.9. The van der Waals surface area contributed by atoms with Gasteiger partial charge in [0.2, 0.25) is 0 Å². The fourth-order valence-corrected chi connectivity index (χ4v) is 1.40. The molecule has 0 saturated carbocycles. The van der Waals surface area contributed by atoms with E-state index in [1.54, 1.807) is 0 Å². The fraction of sp³-hybridized carbons (Fsp3) is 0.455. The van der Waals surface area contributed by atoms with Gasteiger partial charge in [-0.2, -0.15) is 13.2 Å². The van der Waals surface area contributed by atoms with Gasteiger partial charge in [0.25, 0.3) is 6.43 Å². The molecule has 0 bridgehead atoms. The van der Waals surface area contributed by atoms with E-state index in [1.807, 2.05) is 0 Å². The Hall–Kier alpha value is -1.17.